The number of nitrogens with one attached hydrogen (secondary N) is 1. The largest absolute Gasteiger partial charge is 0.383 e. The molecule has 0 aromatic heterocycles. The topological polar surface area (TPSA) is 41.6 Å². The van der Waals surface area contributed by atoms with Crippen LogP contribution in [0.25, 0.3) is 0 Å². The number of halogens is 1. The fourth-order valence-corrected chi connectivity index (χ4v) is 1.54. The summed E-state index contributed by atoms with van der Waals surface area (Å²) in [7, 11) is 3.30. The second-order valence-electron chi connectivity index (χ2n) is 3.83. The lowest BCUT2D eigenvalue weighted by molar-refractivity contribution is 0.165. The van der Waals surface area contributed by atoms with Crippen LogP contribution < -0.4 is 5.32 Å². The van der Waals surface area contributed by atoms with Crippen molar-refractivity contribution in [3.8, 4) is 0 Å². The van der Waals surface area contributed by atoms with Gasteiger partial charge in [-0.15, -0.1) is 0 Å². The minimum atomic E-state index is -0.201. The second-order valence-corrected chi connectivity index (χ2v) is 4.24. The van der Waals surface area contributed by atoms with Crippen LogP contribution in [0, 0.1) is 6.92 Å². The van der Waals surface area contributed by atoms with Crippen molar-refractivity contribution in [1.82, 2.24) is 4.90 Å². The van der Waals surface area contributed by atoms with E-state index < -0.39 is 0 Å². The molecule has 0 atom stereocenters. The van der Waals surface area contributed by atoms with Gasteiger partial charge in [-0.25, -0.2) is 4.79 Å². The fourth-order valence-electron chi connectivity index (χ4n) is 1.26. The van der Waals surface area contributed by atoms with Gasteiger partial charge in [0.2, 0.25) is 0 Å². The van der Waals surface area contributed by atoms with E-state index in [0.29, 0.717) is 23.9 Å². The van der Waals surface area contributed by atoms with E-state index in [9.17, 15) is 4.79 Å². The third-order valence-corrected chi connectivity index (χ3v) is 2.66. The first-order valence-electron chi connectivity index (χ1n) is 5.32. The molecule has 0 aliphatic heterocycles. The van der Waals surface area contributed by atoms with Gasteiger partial charge in [-0.05, 0) is 24.6 Å². The van der Waals surface area contributed by atoms with Crippen LogP contribution in [0.5, 0.6) is 0 Å². The summed E-state index contributed by atoms with van der Waals surface area (Å²) >= 11 is 6.02. The van der Waals surface area contributed by atoms with E-state index in [2.05, 4.69) is 5.32 Å². The van der Waals surface area contributed by atoms with Crippen molar-refractivity contribution in [2.75, 3.05) is 32.6 Å². The number of hydrogen-bond donors (Lipinski definition) is 1. The normalized spacial score (nSPS) is 10.1. The molecule has 0 radical (unpaired) electrons. The monoisotopic (exact) mass is 256 g/mol. The Hall–Kier alpha value is -1.26. The molecule has 0 saturated carbocycles. The van der Waals surface area contributed by atoms with Crippen LogP contribution in [0.4, 0.5) is 10.5 Å². The molecule has 0 aliphatic carbocycles. The summed E-state index contributed by atoms with van der Waals surface area (Å²) in [5, 5.41) is 3.29. The maximum absolute atomic E-state index is 11.8. The van der Waals surface area contributed by atoms with Gasteiger partial charge in [-0.3, -0.25) is 0 Å². The summed E-state index contributed by atoms with van der Waals surface area (Å²) in [6.45, 7) is 2.99. The van der Waals surface area contributed by atoms with Crippen molar-refractivity contribution in [3.63, 3.8) is 0 Å². The Morgan fingerprint density at radius 1 is 1.53 bits per heavy atom. The van der Waals surface area contributed by atoms with Crippen molar-refractivity contribution in [3.05, 3.63) is 28.8 Å². The highest BCUT2D eigenvalue weighted by atomic mass is 35.5. The Kier molecular flexibility index (Phi) is 5.25. The number of anilines is 1. The number of rotatable bonds is 4. The summed E-state index contributed by atoms with van der Waals surface area (Å²) < 4.78 is 4.90. The molecule has 1 rings (SSSR count). The maximum atomic E-state index is 11.8. The van der Waals surface area contributed by atoms with Crippen LogP contribution >= 0.6 is 11.6 Å². The van der Waals surface area contributed by atoms with Crippen LogP contribution in [0.15, 0.2) is 18.2 Å². The van der Waals surface area contributed by atoms with Gasteiger partial charge in [0, 0.05) is 20.7 Å². The molecule has 0 saturated heterocycles. The van der Waals surface area contributed by atoms with Crippen molar-refractivity contribution in [2.45, 2.75) is 6.92 Å². The highest BCUT2D eigenvalue weighted by Gasteiger charge is 2.10. The first-order chi connectivity index (χ1) is 8.04. The van der Waals surface area contributed by atoms with E-state index in [1.807, 2.05) is 19.1 Å². The molecule has 0 aliphatic rings. The molecule has 0 unspecified atom stereocenters. The van der Waals surface area contributed by atoms with Crippen LogP contribution in [0.1, 0.15) is 5.56 Å². The molecule has 2 amide bonds. The fraction of sp³-hybridized carbons (Fsp3) is 0.417. The van der Waals surface area contributed by atoms with E-state index in [1.165, 1.54) is 0 Å². The molecular formula is C12H17ClN2O2. The van der Waals surface area contributed by atoms with Gasteiger partial charge in [0.25, 0.3) is 0 Å². The molecule has 4 nitrogen and oxygen atoms in total. The number of aryl methyl sites for hydroxylation is 1. The van der Waals surface area contributed by atoms with Crippen LogP contribution in [0.2, 0.25) is 5.02 Å². The van der Waals surface area contributed by atoms with Gasteiger partial charge >= 0.3 is 6.03 Å². The van der Waals surface area contributed by atoms with Crippen molar-refractivity contribution in [1.29, 1.82) is 0 Å². The summed E-state index contributed by atoms with van der Waals surface area (Å²) in [5.74, 6) is 0. The predicted octanol–water partition coefficient (Wildman–Crippen LogP) is 2.76. The number of nitrogens with zero attached hydrogens (tertiary/aromatic N) is 1. The number of carbonyl (C=O) groups excluding carboxylic acids is 1. The highest BCUT2D eigenvalue weighted by Crippen LogP contribution is 2.22. The Bertz CT molecular complexity index is 396. The minimum Gasteiger partial charge on any atom is -0.383 e. The number of carbonyl (C=O) groups is 1. The predicted molar refractivity (Wildman–Crippen MR) is 69.7 cm³/mol. The average molecular weight is 257 g/mol. The van der Waals surface area contributed by atoms with Crippen molar-refractivity contribution in [2.24, 2.45) is 0 Å². The van der Waals surface area contributed by atoms with Gasteiger partial charge in [0.05, 0.1) is 17.3 Å². The molecule has 94 valence electrons. The maximum Gasteiger partial charge on any atom is 0.321 e. The number of benzene rings is 1. The van der Waals surface area contributed by atoms with Crippen molar-refractivity contribution >= 4 is 23.3 Å². The standard InChI is InChI=1S/C12H17ClN2O2/c1-9-4-5-11(10(13)8-9)14-12(16)15(2)6-7-17-3/h4-5,8H,6-7H2,1-3H3,(H,14,16). The summed E-state index contributed by atoms with van der Waals surface area (Å²) in [5.41, 5.74) is 1.67. The first-order valence-corrected chi connectivity index (χ1v) is 5.69. The van der Waals surface area contributed by atoms with Gasteiger partial charge in [-0.1, -0.05) is 17.7 Å². The Labute approximate surface area is 107 Å². The lowest BCUT2D eigenvalue weighted by Gasteiger charge is -2.18. The lowest BCUT2D eigenvalue weighted by atomic mass is 10.2. The molecule has 0 spiro atoms. The van der Waals surface area contributed by atoms with Gasteiger partial charge < -0.3 is 15.0 Å². The number of likely N-dealkylation sites (N-methyl/N-ethyl adjacent to an activating group) is 1. The van der Waals surface area contributed by atoms with E-state index in [1.54, 1.807) is 25.1 Å². The molecule has 1 aromatic carbocycles. The molecule has 0 heterocycles. The number of ether oxygens (including phenoxy) is 1. The van der Waals surface area contributed by atoms with Crippen LogP contribution in [0.3, 0.4) is 0 Å². The van der Waals surface area contributed by atoms with Crippen LogP contribution in [-0.2, 0) is 4.74 Å². The first kappa shape index (κ1) is 13.8. The summed E-state index contributed by atoms with van der Waals surface area (Å²) in [6.07, 6.45) is 0. The molecule has 1 aromatic rings. The van der Waals surface area contributed by atoms with E-state index in [-0.39, 0.29) is 6.03 Å². The number of urea groups is 1. The Morgan fingerprint density at radius 3 is 2.82 bits per heavy atom. The Morgan fingerprint density at radius 2 is 2.24 bits per heavy atom. The van der Waals surface area contributed by atoms with E-state index >= 15 is 0 Å². The van der Waals surface area contributed by atoms with Gasteiger partial charge in [0.1, 0.15) is 0 Å². The summed E-state index contributed by atoms with van der Waals surface area (Å²) in [6, 6.07) is 5.30. The SMILES string of the molecule is COCCN(C)C(=O)Nc1ccc(C)cc1Cl. The van der Waals surface area contributed by atoms with Crippen LogP contribution in [-0.4, -0.2) is 38.2 Å². The lowest BCUT2D eigenvalue weighted by Crippen LogP contribution is -2.33. The third kappa shape index (κ3) is 4.24. The molecule has 0 fully saturated rings. The highest BCUT2D eigenvalue weighted by molar-refractivity contribution is 6.33. The quantitative estimate of drug-likeness (QED) is 0.900. The van der Waals surface area contributed by atoms with E-state index in [4.69, 9.17) is 16.3 Å². The summed E-state index contributed by atoms with van der Waals surface area (Å²) in [4.78, 5) is 13.3. The molecule has 17 heavy (non-hydrogen) atoms. The third-order valence-electron chi connectivity index (χ3n) is 2.34. The average Bonchev–Trinajstić information content (AvgIpc) is 2.29. The number of amides is 2. The van der Waals surface area contributed by atoms with E-state index in [0.717, 1.165) is 5.56 Å². The molecule has 5 heteroatoms. The molecule has 1 N–H and O–H groups in total. The molecular weight excluding hydrogens is 240 g/mol. The minimum absolute atomic E-state index is 0.201. The zero-order valence-corrected chi connectivity index (χ0v) is 11.0. The number of methoxy groups -OCH3 is 1. The smallest absolute Gasteiger partial charge is 0.321 e. The Balaban J connectivity index is 2.61. The number of hydrogen-bond acceptors (Lipinski definition) is 2. The van der Waals surface area contributed by atoms with Gasteiger partial charge in [-0.2, -0.15) is 0 Å². The van der Waals surface area contributed by atoms with Crippen molar-refractivity contribution < 1.29 is 9.53 Å². The second kappa shape index (κ2) is 6.47. The molecule has 0 bridgehead atoms. The zero-order valence-electron chi connectivity index (χ0n) is 10.3. The van der Waals surface area contributed by atoms with Gasteiger partial charge in [0.15, 0.2) is 0 Å². The zero-order chi connectivity index (χ0) is 12.8.